The summed E-state index contributed by atoms with van der Waals surface area (Å²) in [6.07, 6.45) is 1.45. The summed E-state index contributed by atoms with van der Waals surface area (Å²) in [4.78, 5) is 9.97. The molecule has 0 aliphatic carbocycles. The highest BCUT2D eigenvalue weighted by Crippen LogP contribution is 2.60. The van der Waals surface area contributed by atoms with Crippen LogP contribution in [-0.2, 0) is 5.41 Å². The van der Waals surface area contributed by atoms with Gasteiger partial charge in [0.05, 0.1) is 11.6 Å². The second-order valence-electron chi connectivity index (χ2n) is 5.63. The van der Waals surface area contributed by atoms with Crippen molar-refractivity contribution in [3.05, 3.63) is 39.5 Å². The van der Waals surface area contributed by atoms with Crippen LogP contribution in [0, 0.1) is 0 Å². The molecule has 1 atom stereocenters. The molecule has 1 fully saturated rings. The van der Waals surface area contributed by atoms with Gasteiger partial charge in [-0.1, -0.05) is 45.4 Å². The Morgan fingerprint density at radius 1 is 1.39 bits per heavy atom. The van der Waals surface area contributed by atoms with E-state index in [0.717, 1.165) is 27.5 Å². The second kappa shape index (κ2) is 4.97. The van der Waals surface area contributed by atoms with Gasteiger partial charge < -0.3 is 20.8 Å². The molecule has 1 unspecified atom stereocenters. The Morgan fingerprint density at radius 2 is 2.17 bits per heavy atom. The Kier molecular flexibility index (Phi) is 3.34. The molecule has 120 valence electrons. The molecule has 9 heteroatoms. The van der Waals surface area contributed by atoms with Crippen molar-refractivity contribution in [3.63, 3.8) is 0 Å². The zero-order chi connectivity index (χ0) is 16.4. The number of nitrogens with zero attached hydrogens (tertiary/aromatic N) is 3. The van der Waals surface area contributed by atoms with Gasteiger partial charge in [-0.05, 0) is 17.7 Å². The predicted molar refractivity (Wildman–Crippen MR) is 93.9 cm³/mol. The van der Waals surface area contributed by atoms with E-state index in [9.17, 15) is 10.2 Å². The number of hydrogen-bond donors (Lipinski definition) is 3. The molecular weight excluding hydrogens is 404 g/mol. The van der Waals surface area contributed by atoms with Gasteiger partial charge in [0.2, 0.25) is 11.1 Å². The number of nitrogen functional groups attached to an aromatic ring is 1. The third kappa shape index (κ3) is 2.09. The molecule has 6 nitrogen and oxygen atoms in total. The van der Waals surface area contributed by atoms with Crippen LogP contribution in [0.15, 0.2) is 28.9 Å². The van der Waals surface area contributed by atoms with Gasteiger partial charge in [-0.15, -0.1) is 0 Å². The van der Waals surface area contributed by atoms with Crippen LogP contribution in [0.5, 0.6) is 0 Å². The maximum absolute atomic E-state index is 10.4. The molecule has 2 aromatic rings. The van der Waals surface area contributed by atoms with Crippen molar-refractivity contribution in [1.29, 1.82) is 0 Å². The van der Waals surface area contributed by atoms with Crippen LogP contribution >= 0.6 is 39.3 Å². The minimum absolute atomic E-state index is 0.115. The lowest BCUT2D eigenvalue weighted by molar-refractivity contribution is -0.138. The predicted octanol–water partition coefficient (Wildman–Crippen LogP) is 2.25. The standard InChI is InChI=1S/C14H12BrClN4O2S/c15-7-1-2-8-10(3-7)20(5-13(8)6-23-14(13,21)22)11-9(16)4-18-12(17)19-11/h1-4,21-22H,5-6H2,(H2,17,18,19). The highest BCUT2D eigenvalue weighted by atomic mass is 79.9. The molecule has 23 heavy (non-hydrogen) atoms. The van der Waals surface area contributed by atoms with Gasteiger partial charge in [-0.3, -0.25) is 0 Å². The van der Waals surface area contributed by atoms with Gasteiger partial charge in [0.15, 0.2) is 5.82 Å². The van der Waals surface area contributed by atoms with E-state index in [1.54, 1.807) is 0 Å². The van der Waals surface area contributed by atoms with Gasteiger partial charge >= 0.3 is 0 Å². The fourth-order valence-electron chi connectivity index (χ4n) is 3.10. The first kappa shape index (κ1) is 15.5. The number of aromatic nitrogens is 2. The van der Waals surface area contributed by atoms with Gasteiger partial charge in [-0.25, -0.2) is 4.98 Å². The first-order valence-electron chi connectivity index (χ1n) is 6.78. The Bertz CT molecular complexity index is 821. The molecule has 4 N–H and O–H groups in total. The molecule has 0 bridgehead atoms. The molecule has 0 radical (unpaired) electrons. The van der Waals surface area contributed by atoms with E-state index in [-0.39, 0.29) is 5.95 Å². The lowest BCUT2D eigenvalue weighted by Gasteiger charge is -2.49. The van der Waals surface area contributed by atoms with Gasteiger partial charge in [0.25, 0.3) is 0 Å². The van der Waals surface area contributed by atoms with Crippen molar-refractivity contribution in [2.45, 2.75) is 10.5 Å². The maximum Gasteiger partial charge on any atom is 0.225 e. The van der Waals surface area contributed by atoms with E-state index in [4.69, 9.17) is 17.3 Å². The molecule has 0 saturated carbocycles. The Balaban J connectivity index is 1.91. The van der Waals surface area contributed by atoms with Crippen LogP contribution in [0.1, 0.15) is 5.56 Å². The van der Waals surface area contributed by atoms with E-state index in [1.807, 2.05) is 23.1 Å². The SMILES string of the molecule is Nc1ncc(Cl)c(N2CC3(CSC3(O)O)c3ccc(Br)cc32)n1. The zero-order valence-electron chi connectivity index (χ0n) is 11.7. The van der Waals surface area contributed by atoms with Gasteiger partial charge in [-0.2, -0.15) is 4.98 Å². The van der Waals surface area contributed by atoms with Crippen LogP contribution < -0.4 is 10.6 Å². The molecule has 0 amide bonds. The molecule has 1 spiro atoms. The van der Waals surface area contributed by atoms with E-state index >= 15 is 0 Å². The number of hydrogen-bond acceptors (Lipinski definition) is 7. The van der Waals surface area contributed by atoms with E-state index in [0.29, 0.717) is 23.1 Å². The van der Waals surface area contributed by atoms with Crippen LogP contribution in [0.25, 0.3) is 0 Å². The summed E-state index contributed by atoms with van der Waals surface area (Å²) >= 11 is 10.8. The van der Waals surface area contributed by atoms with E-state index in [1.165, 1.54) is 6.20 Å². The number of thioether (sulfide) groups is 1. The van der Waals surface area contributed by atoms with Crippen LogP contribution in [0.3, 0.4) is 0 Å². The summed E-state index contributed by atoms with van der Waals surface area (Å²) in [6, 6.07) is 5.70. The summed E-state index contributed by atoms with van der Waals surface area (Å²) in [7, 11) is 0. The van der Waals surface area contributed by atoms with Crippen LogP contribution in [0.4, 0.5) is 17.5 Å². The fraction of sp³-hybridized carbons (Fsp3) is 0.286. The highest BCUT2D eigenvalue weighted by molar-refractivity contribution is 9.10. The normalized spacial score (nSPS) is 24.6. The summed E-state index contributed by atoms with van der Waals surface area (Å²) in [5.74, 6) is 1.18. The number of aliphatic hydroxyl groups is 2. The van der Waals surface area contributed by atoms with Crippen LogP contribution in [-0.4, -0.2) is 37.6 Å². The number of rotatable bonds is 1. The highest BCUT2D eigenvalue weighted by Gasteiger charge is 2.64. The molecule has 4 rings (SSSR count). The Labute approximate surface area is 149 Å². The summed E-state index contributed by atoms with van der Waals surface area (Å²) < 4.78 is 0.880. The molecule has 2 aliphatic rings. The third-order valence-electron chi connectivity index (χ3n) is 4.34. The van der Waals surface area contributed by atoms with Crippen molar-refractivity contribution < 1.29 is 10.2 Å². The maximum atomic E-state index is 10.4. The van der Waals surface area contributed by atoms with Crippen molar-refractivity contribution in [3.8, 4) is 0 Å². The second-order valence-corrected chi connectivity index (χ2v) is 8.10. The first-order chi connectivity index (χ1) is 10.8. The Hall–Kier alpha value is -1.06. The average molecular weight is 416 g/mol. The third-order valence-corrected chi connectivity index (χ3v) is 6.53. The van der Waals surface area contributed by atoms with Crippen molar-refractivity contribution in [2.75, 3.05) is 22.9 Å². The summed E-state index contributed by atoms with van der Waals surface area (Å²) in [6.45, 7) is 0.356. The topological polar surface area (TPSA) is 95.5 Å². The van der Waals surface area contributed by atoms with Gasteiger partial charge in [0.1, 0.15) is 5.02 Å². The number of fused-ring (bicyclic) bond motifs is 2. The van der Waals surface area contributed by atoms with Gasteiger partial charge in [0, 0.05) is 22.5 Å². The first-order valence-corrected chi connectivity index (χ1v) is 8.94. The molecule has 2 aliphatic heterocycles. The molecule has 1 aromatic carbocycles. The lowest BCUT2D eigenvalue weighted by Crippen LogP contribution is -2.61. The van der Waals surface area contributed by atoms with Crippen molar-refractivity contribution >= 4 is 56.7 Å². The summed E-state index contributed by atoms with van der Waals surface area (Å²) in [5, 5.41) is 19.2. The van der Waals surface area contributed by atoms with E-state index in [2.05, 4.69) is 25.9 Å². The quantitative estimate of drug-likeness (QED) is 0.615. The smallest absolute Gasteiger partial charge is 0.225 e. The monoisotopic (exact) mass is 414 g/mol. The van der Waals surface area contributed by atoms with Crippen molar-refractivity contribution in [1.82, 2.24) is 9.97 Å². The number of anilines is 3. The van der Waals surface area contributed by atoms with Crippen LogP contribution in [0.2, 0.25) is 5.02 Å². The largest absolute Gasteiger partial charge is 0.368 e. The van der Waals surface area contributed by atoms with Crippen molar-refractivity contribution in [2.24, 2.45) is 0 Å². The number of benzene rings is 1. The minimum atomic E-state index is -1.82. The molecule has 3 heterocycles. The molecule has 1 aromatic heterocycles. The zero-order valence-corrected chi connectivity index (χ0v) is 14.9. The molecular formula is C14H12BrClN4O2S. The average Bonchev–Trinajstić information content (AvgIpc) is 2.85. The minimum Gasteiger partial charge on any atom is -0.368 e. The summed E-state index contributed by atoms with van der Waals surface area (Å²) in [5.41, 5.74) is 6.60. The number of halogens is 2. The lowest BCUT2D eigenvalue weighted by atomic mass is 9.82. The number of nitrogens with two attached hydrogens (primary N) is 1. The van der Waals surface area contributed by atoms with E-state index < -0.39 is 10.5 Å². The molecule has 1 saturated heterocycles. The Morgan fingerprint density at radius 3 is 2.83 bits per heavy atom. The fourth-order valence-corrected chi connectivity index (χ4v) is 4.81.